The molecular weight excluding hydrogens is 399 g/mol. The molecule has 0 spiro atoms. The lowest BCUT2D eigenvalue weighted by Gasteiger charge is -2.28. The molecule has 3 rings (SSSR count). The molecule has 1 unspecified atom stereocenters. The highest BCUT2D eigenvalue weighted by atomic mass is 19.1. The molecule has 164 valence electrons. The van der Waals surface area contributed by atoms with Gasteiger partial charge < -0.3 is 19.6 Å². The summed E-state index contributed by atoms with van der Waals surface area (Å²) in [6.07, 6.45) is 0. The number of hydrogen-bond donors (Lipinski definition) is 1. The van der Waals surface area contributed by atoms with Crippen LogP contribution in [-0.4, -0.2) is 59.9 Å². The van der Waals surface area contributed by atoms with Gasteiger partial charge in [0.25, 0.3) is 11.7 Å². The fraction of sp³-hybridized carbons (Fsp3) is 0.333. The van der Waals surface area contributed by atoms with Crippen LogP contribution in [0.1, 0.15) is 31.0 Å². The Labute approximate surface area is 181 Å². The number of ether oxygens (including phenoxy) is 1. The van der Waals surface area contributed by atoms with E-state index in [-0.39, 0.29) is 16.9 Å². The summed E-state index contributed by atoms with van der Waals surface area (Å²) in [5.74, 6) is -1.62. The van der Waals surface area contributed by atoms with E-state index in [9.17, 15) is 19.1 Å². The standard InChI is InChI=1S/C24H27FN2O4/c1-4-26(5-2)13-14-27-21(17-7-6-8-19(15-17)31-3)20(23(29)24(27)30)22(28)16-9-11-18(25)12-10-16/h6-12,15,21,28H,4-5,13-14H2,1-3H3/b22-20-. The number of benzene rings is 2. The predicted molar refractivity (Wildman–Crippen MR) is 116 cm³/mol. The largest absolute Gasteiger partial charge is 0.507 e. The van der Waals surface area contributed by atoms with Gasteiger partial charge in [-0.05, 0) is 55.1 Å². The van der Waals surface area contributed by atoms with E-state index in [1.165, 1.54) is 36.3 Å². The second-order valence-electron chi connectivity index (χ2n) is 7.30. The first kappa shape index (κ1) is 22.5. The van der Waals surface area contributed by atoms with Gasteiger partial charge in [-0.1, -0.05) is 26.0 Å². The zero-order valence-corrected chi connectivity index (χ0v) is 18.0. The van der Waals surface area contributed by atoms with Crippen LogP contribution < -0.4 is 4.74 Å². The fourth-order valence-electron chi connectivity index (χ4n) is 3.82. The molecule has 7 heteroatoms. The number of carbonyl (C=O) groups is 2. The number of ketones is 1. The van der Waals surface area contributed by atoms with Crippen molar-refractivity contribution in [2.75, 3.05) is 33.3 Å². The molecule has 6 nitrogen and oxygen atoms in total. The lowest BCUT2D eigenvalue weighted by molar-refractivity contribution is -0.140. The predicted octanol–water partition coefficient (Wildman–Crippen LogP) is 3.60. The number of amides is 1. The Hall–Kier alpha value is -3.19. The molecule has 1 amide bonds. The van der Waals surface area contributed by atoms with Gasteiger partial charge in [0, 0.05) is 18.7 Å². The number of aliphatic hydroxyl groups is 1. The highest BCUT2D eigenvalue weighted by molar-refractivity contribution is 6.46. The smallest absolute Gasteiger partial charge is 0.295 e. The van der Waals surface area contributed by atoms with Gasteiger partial charge in [0.05, 0.1) is 18.7 Å². The Kier molecular flexibility index (Phi) is 7.07. The van der Waals surface area contributed by atoms with Crippen LogP contribution in [0, 0.1) is 5.82 Å². The molecule has 0 bridgehead atoms. The average molecular weight is 426 g/mol. The van der Waals surface area contributed by atoms with Crippen molar-refractivity contribution in [1.29, 1.82) is 0 Å². The number of halogens is 1. The van der Waals surface area contributed by atoms with Gasteiger partial charge in [0.2, 0.25) is 0 Å². The molecule has 1 saturated heterocycles. The summed E-state index contributed by atoms with van der Waals surface area (Å²) in [6, 6.07) is 11.5. The van der Waals surface area contributed by atoms with E-state index in [0.717, 1.165) is 13.1 Å². The second kappa shape index (κ2) is 9.75. The maximum Gasteiger partial charge on any atom is 0.295 e. The molecule has 0 aliphatic carbocycles. The SMILES string of the molecule is CCN(CC)CCN1C(=O)C(=O)/C(=C(\O)c2ccc(F)cc2)C1c1cccc(OC)c1. The number of likely N-dealkylation sites (N-methyl/N-ethyl adjacent to an activating group) is 1. The van der Waals surface area contributed by atoms with Gasteiger partial charge in [-0.3, -0.25) is 9.59 Å². The van der Waals surface area contributed by atoms with E-state index in [1.807, 2.05) is 13.8 Å². The van der Waals surface area contributed by atoms with Crippen LogP contribution >= 0.6 is 0 Å². The van der Waals surface area contributed by atoms with E-state index in [0.29, 0.717) is 24.4 Å². The van der Waals surface area contributed by atoms with Gasteiger partial charge in [-0.15, -0.1) is 0 Å². The molecule has 31 heavy (non-hydrogen) atoms. The number of hydrogen-bond acceptors (Lipinski definition) is 5. The van der Waals surface area contributed by atoms with E-state index in [4.69, 9.17) is 4.74 Å². The Bertz CT molecular complexity index is 983. The molecule has 0 saturated carbocycles. The number of likely N-dealkylation sites (tertiary alicyclic amines) is 1. The van der Waals surface area contributed by atoms with Crippen LogP contribution in [0.2, 0.25) is 0 Å². The van der Waals surface area contributed by atoms with Crippen molar-refractivity contribution in [2.45, 2.75) is 19.9 Å². The highest BCUT2D eigenvalue weighted by Crippen LogP contribution is 2.40. The lowest BCUT2D eigenvalue weighted by Crippen LogP contribution is -2.38. The van der Waals surface area contributed by atoms with Gasteiger partial charge in [-0.2, -0.15) is 0 Å². The lowest BCUT2D eigenvalue weighted by atomic mass is 9.95. The number of nitrogens with zero attached hydrogens (tertiary/aromatic N) is 2. The maximum absolute atomic E-state index is 13.4. The first-order valence-corrected chi connectivity index (χ1v) is 10.3. The molecular formula is C24H27FN2O4. The van der Waals surface area contributed by atoms with Gasteiger partial charge in [-0.25, -0.2) is 4.39 Å². The second-order valence-corrected chi connectivity index (χ2v) is 7.30. The van der Waals surface area contributed by atoms with Crippen LogP contribution in [0.25, 0.3) is 5.76 Å². The summed E-state index contributed by atoms with van der Waals surface area (Å²) >= 11 is 0. The van der Waals surface area contributed by atoms with Crippen LogP contribution in [-0.2, 0) is 9.59 Å². The van der Waals surface area contributed by atoms with Crippen LogP contribution in [0.3, 0.4) is 0 Å². The Morgan fingerprint density at radius 2 is 1.81 bits per heavy atom. The Balaban J connectivity index is 2.11. The average Bonchev–Trinajstić information content (AvgIpc) is 3.04. The molecule has 1 heterocycles. The third kappa shape index (κ3) is 4.61. The first-order valence-electron chi connectivity index (χ1n) is 10.3. The van der Waals surface area contributed by atoms with E-state index in [2.05, 4.69) is 4.90 Å². The minimum Gasteiger partial charge on any atom is -0.507 e. The quantitative estimate of drug-likeness (QED) is 0.397. The Morgan fingerprint density at radius 3 is 2.42 bits per heavy atom. The summed E-state index contributed by atoms with van der Waals surface area (Å²) < 4.78 is 18.7. The minimum absolute atomic E-state index is 0.00981. The summed E-state index contributed by atoms with van der Waals surface area (Å²) in [4.78, 5) is 29.6. The van der Waals surface area contributed by atoms with E-state index < -0.39 is 23.5 Å². The Morgan fingerprint density at radius 1 is 1.13 bits per heavy atom. The van der Waals surface area contributed by atoms with Crippen molar-refractivity contribution in [3.63, 3.8) is 0 Å². The van der Waals surface area contributed by atoms with Crippen LogP contribution in [0.4, 0.5) is 4.39 Å². The van der Waals surface area contributed by atoms with Gasteiger partial charge >= 0.3 is 0 Å². The van der Waals surface area contributed by atoms with Crippen LogP contribution in [0.15, 0.2) is 54.1 Å². The molecule has 1 N–H and O–H groups in total. The summed E-state index contributed by atoms with van der Waals surface area (Å²) in [5.41, 5.74) is 0.919. The fourth-order valence-corrected chi connectivity index (χ4v) is 3.82. The third-order valence-electron chi connectivity index (χ3n) is 5.62. The number of rotatable bonds is 8. The zero-order chi connectivity index (χ0) is 22.5. The monoisotopic (exact) mass is 426 g/mol. The normalized spacial score (nSPS) is 18.1. The van der Waals surface area contributed by atoms with Crippen LogP contribution in [0.5, 0.6) is 5.75 Å². The molecule has 2 aromatic carbocycles. The molecule has 1 aliphatic heterocycles. The number of carbonyl (C=O) groups excluding carboxylic acids is 2. The van der Waals surface area contributed by atoms with Crippen molar-refractivity contribution >= 4 is 17.4 Å². The topological polar surface area (TPSA) is 70.1 Å². The van der Waals surface area contributed by atoms with Crippen molar-refractivity contribution < 1.29 is 23.8 Å². The molecule has 0 aromatic heterocycles. The zero-order valence-electron chi connectivity index (χ0n) is 18.0. The van der Waals surface area contributed by atoms with Gasteiger partial charge in [0.1, 0.15) is 17.3 Å². The summed E-state index contributed by atoms with van der Waals surface area (Å²) in [7, 11) is 1.54. The molecule has 1 atom stereocenters. The van der Waals surface area contributed by atoms with Gasteiger partial charge in [0.15, 0.2) is 0 Å². The highest BCUT2D eigenvalue weighted by Gasteiger charge is 2.46. The minimum atomic E-state index is -0.768. The molecule has 0 radical (unpaired) electrons. The number of Topliss-reactive ketones (excluding diaryl/α,β-unsaturated/α-hetero) is 1. The van der Waals surface area contributed by atoms with Crippen molar-refractivity contribution in [2.24, 2.45) is 0 Å². The van der Waals surface area contributed by atoms with E-state index in [1.54, 1.807) is 24.3 Å². The van der Waals surface area contributed by atoms with E-state index >= 15 is 0 Å². The van der Waals surface area contributed by atoms with Crippen molar-refractivity contribution in [1.82, 2.24) is 9.80 Å². The third-order valence-corrected chi connectivity index (χ3v) is 5.62. The first-order chi connectivity index (χ1) is 14.9. The number of methoxy groups -OCH3 is 1. The molecule has 1 aliphatic rings. The number of aliphatic hydroxyl groups excluding tert-OH is 1. The maximum atomic E-state index is 13.4. The molecule has 1 fully saturated rings. The van der Waals surface area contributed by atoms with Crippen molar-refractivity contribution in [3.05, 3.63) is 71.0 Å². The summed E-state index contributed by atoms with van der Waals surface area (Å²) in [6.45, 7) is 6.63. The molecule has 2 aromatic rings. The summed E-state index contributed by atoms with van der Waals surface area (Å²) in [5, 5.41) is 11.0. The van der Waals surface area contributed by atoms with Crippen molar-refractivity contribution in [3.8, 4) is 5.75 Å².